The minimum Gasteiger partial charge on any atom is -0.479 e. The molecule has 0 aliphatic carbocycles. The molecule has 8 unspecified atom stereocenters. The Bertz CT molecular complexity index is 1270. The van der Waals surface area contributed by atoms with Crippen molar-refractivity contribution in [2.75, 3.05) is 13.2 Å². The van der Waals surface area contributed by atoms with Gasteiger partial charge in [0.05, 0.1) is 13.2 Å². The highest BCUT2D eigenvalue weighted by Crippen LogP contribution is 2.35. The Morgan fingerprint density at radius 1 is 0.585 bits per heavy atom. The third kappa shape index (κ3) is 9.36. The second-order valence-corrected chi connectivity index (χ2v) is 12.5. The molecule has 4 aliphatic heterocycles. The fourth-order valence-corrected chi connectivity index (χ4v) is 6.23. The van der Waals surface area contributed by atoms with Crippen LogP contribution in [0.3, 0.4) is 0 Å². The van der Waals surface area contributed by atoms with E-state index in [4.69, 9.17) is 33.2 Å². The molecule has 304 valence electrons. The van der Waals surface area contributed by atoms with E-state index in [2.05, 4.69) is 15.4 Å². The molecule has 0 bridgehead atoms. The first-order valence-electron chi connectivity index (χ1n) is 16.1. The van der Waals surface area contributed by atoms with Crippen molar-refractivity contribution >= 4 is 24.3 Å². The quantitative estimate of drug-likeness (QED) is 0.0772. The van der Waals surface area contributed by atoms with Crippen LogP contribution in [-0.2, 0) is 57.1 Å². The summed E-state index contributed by atoms with van der Waals surface area (Å²) in [5.74, 6) is -3.45. The van der Waals surface area contributed by atoms with Crippen LogP contribution < -0.4 is 10.6 Å². The van der Waals surface area contributed by atoms with Crippen molar-refractivity contribution in [1.82, 2.24) is 10.6 Å². The number of ether oxygens (including phenoxy) is 8. The molecule has 0 spiro atoms. The van der Waals surface area contributed by atoms with Crippen LogP contribution in [0.2, 0.25) is 0 Å². The van der Waals surface area contributed by atoms with E-state index in [0.29, 0.717) is 0 Å². The van der Waals surface area contributed by atoms with E-state index in [0.717, 1.165) is 13.8 Å². The van der Waals surface area contributed by atoms with Gasteiger partial charge in [-0.2, -0.15) is 0 Å². The molecule has 2 amide bonds. The first-order chi connectivity index (χ1) is 24.9. The van der Waals surface area contributed by atoms with Crippen LogP contribution in [-0.4, -0.2) is 217 Å². The molecule has 0 aromatic carbocycles. The molecule has 25 nitrogen and oxygen atoms in total. The Morgan fingerprint density at radius 2 is 1.09 bits per heavy atom. The Labute approximate surface area is 298 Å². The molecule has 4 fully saturated rings. The first kappa shape index (κ1) is 42.9. The zero-order valence-electron chi connectivity index (χ0n) is 27.9. The van der Waals surface area contributed by atoms with Gasteiger partial charge in [-0.15, -0.1) is 0 Å². The van der Waals surface area contributed by atoms with E-state index >= 15 is 0 Å². The highest BCUT2D eigenvalue weighted by atomic mass is 16.8. The number of amides is 2. The summed E-state index contributed by atoms with van der Waals surface area (Å²) in [7, 11) is 0. The van der Waals surface area contributed by atoms with Crippen molar-refractivity contribution in [2.24, 2.45) is 0 Å². The first-order valence-corrected chi connectivity index (χ1v) is 16.1. The van der Waals surface area contributed by atoms with Crippen molar-refractivity contribution < 1.29 is 113 Å². The Kier molecular flexibility index (Phi) is 14.8. The average Bonchev–Trinajstić information content (AvgIpc) is 3.09. The van der Waals surface area contributed by atoms with E-state index < -0.39 is 154 Å². The maximum Gasteiger partial charge on any atom is 0.335 e. The molecule has 0 aromatic rings. The second kappa shape index (κ2) is 18.2. The summed E-state index contributed by atoms with van der Waals surface area (Å²) in [6, 6.07) is -3.39. The van der Waals surface area contributed by atoms with Gasteiger partial charge in [-0.3, -0.25) is 14.4 Å². The molecule has 0 aromatic heterocycles. The lowest BCUT2D eigenvalue weighted by Gasteiger charge is -2.50. The smallest absolute Gasteiger partial charge is 0.335 e. The number of rotatable bonds is 13. The zero-order chi connectivity index (χ0) is 39.5. The van der Waals surface area contributed by atoms with Gasteiger partial charge in [0.25, 0.3) is 6.47 Å². The summed E-state index contributed by atoms with van der Waals surface area (Å²) in [6.07, 6.45) is -35.8. The van der Waals surface area contributed by atoms with Crippen molar-refractivity contribution in [3.05, 3.63) is 0 Å². The van der Waals surface area contributed by atoms with Gasteiger partial charge >= 0.3 is 5.97 Å². The SMILES string of the molecule is CC(=O)NC1[C@H](OC2[C@@H](O[C@@H]3C(NC(C)=O)[C@H](O)OC(CO)[C@@H]3O)OC(C(=O)O)[C@H](O)[C@@H]2O)OC(CO)[C@@H](O)[C@@H]1O[C@@H]1OC(OC=O)[C@@H](O)[C@H](O)C1O. The Balaban J connectivity index is 1.71. The maximum absolute atomic E-state index is 12.4. The minimum atomic E-state index is -2.29. The van der Waals surface area contributed by atoms with Crippen LogP contribution in [0.4, 0.5) is 0 Å². The van der Waals surface area contributed by atoms with Crippen LogP contribution in [0.5, 0.6) is 0 Å². The lowest BCUT2D eigenvalue weighted by Crippen LogP contribution is -2.71. The standard InChI is InChI=1S/C28H44N2O23/c1-6(34)29-10-19(12(36)8(3-31)47-24(10)45)50-28-22(16(40)15(39)21(51-28)23(43)44)52-25-11(30-7(2)35)20(13(37)9(4-32)48-25)49-27-18(42)14(38)17(41)26(53-27)46-5-33/h5,8-22,24-28,31-32,36-42,45H,3-4H2,1-2H3,(H,29,34)(H,30,35)(H,43,44)/t8?,9?,10?,11?,12-,13+,14-,15+,16-,17-,18?,19+,20+,21?,22?,24+,25-,26?,27+,28-/m0/s1. The fourth-order valence-electron chi connectivity index (χ4n) is 6.23. The third-order valence-corrected chi connectivity index (χ3v) is 8.84. The van der Waals surface area contributed by atoms with Gasteiger partial charge in [-0.1, -0.05) is 0 Å². The van der Waals surface area contributed by atoms with E-state index in [1.807, 2.05) is 0 Å². The lowest BCUT2D eigenvalue weighted by molar-refractivity contribution is -0.385. The summed E-state index contributed by atoms with van der Waals surface area (Å²) < 4.78 is 43.4. The van der Waals surface area contributed by atoms with Gasteiger partial charge < -0.3 is 105 Å². The number of carbonyl (C=O) groups is 4. The monoisotopic (exact) mass is 776 g/mol. The van der Waals surface area contributed by atoms with Crippen LogP contribution in [0.1, 0.15) is 13.8 Å². The largest absolute Gasteiger partial charge is 0.479 e. The zero-order valence-corrected chi connectivity index (χ0v) is 27.9. The van der Waals surface area contributed by atoms with E-state index in [9.17, 15) is 75.3 Å². The van der Waals surface area contributed by atoms with E-state index in [1.54, 1.807) is 0 Å². The van der Waals surface area contributed by atoms with E-state index in [-0.39, 0.29) is 6.47 Å². The molecule has 0 radical (unpaired) electrons. The summed E-state index contributed by atoms with van der Waals surface area (Å²) in [5.41, 5.74) is 0. The molecular weight excluding hydrogens is 732 g/mol. The number of aliphatic hydroxyl groups excluding tert-OH is 10. The van der Waals surface area contributed by atoms with Gasteiger partial charge in [0.2, 0.25) is 18.1 Å². The normalized spacial score (nSPS) is 46.2. The summed E-state index contributed by atoms with van der Waals surface area (Å²) in [4.78, 5) is 47.3. The summed E-state index contributed by atoms with van der Waals surface area (Å²) >= 11 is 0. The van der Waals surface area contributed by atoms with Crippen molar-refractivity contribution in [3.63, 3.8) is 0 Å². The molecule has 20 atom stereocenters. The highest BCUT2D eigenvalue weighted by Gasteiger charge is 2.57. The Hall–Kier alpha value is -2.80. The number of carboxylic acids is 1. The highest BCUT2D eigenvalue weighted by molar-refractivity contribution is 5.74. The van der Waals surface area contributed by atoms with Crippen LogP contribution in [0, 0.1) is 0 Å². The van der Waals surface area contributed by atoms with Gasteiger partial charge in [-0.05, 0) is 0 Å². The lowest BCUT2D eigenvalue weighted by atomic mass is 9.94. The molecule has 4 saturated heterocycles. The molecule has 13 N–H and O–H groups in total. The van der Waals surface area contributed by atoms with Gasteiger partial charge in [0, 0.05) is 13.8 Å². The average molecular weight is 777 g/mol. The summed E-state index contributed by atoms with van der Waals surface area (Å²) in [6.45, 7) is -0.0252. The topological polar surface area (TPSA) is 389 Å². The number of nitrogens with one attached hydrogen (secondary N) is 2. The number of hydrogen-bond donors (Lipinski definition) is 13. The van der Waals surface area contributed by atoms with Gasteiger partial charge in [-0.25, -0.2) is 4.79 Å². The van der Waals surface area contributed by atoms with Crippen LogP contribution in [0.15, 0.2) is 0 Å². The molecule has 53 heavy (non-hydrogen) atoms. The van der Waals surface area contributed by atoms with Crippen LogP contribution in [0.25, 0.3) is 0 Å². The molecule has 4 rings (SSSR count). The number of hydrogen-bond acceptors (Lipinski definition) is 22. The van der Waals surface area contributed by atoms with Gasteiger partial charge in [0.1, 0.15) is 85.3 Å². The fraction of sp³-hybridized carbons (Fsp3) is 0.857. The summed E-state index contributed by atoms with van der Waals surface area (Å²) in [5, 5.41) is 120. The molecular formula is C28H44N2O23. The van der Waals surface area contributed by atoms with E-state index in [1.165, 1.54) is 0 Å². The predicted molar refractivity (Wildman–Crippen MR) is 158 cm³/mol. The molecule has 4 aliphatic rings. The molecule has 0 saturated carbocycles. The minimum absolute atomic E-state index is 0.147. The Morgan fingerprint density at radius 3 is 1.64 bits per heavy atom. The van der Waals surface area contributed by atoms with Crippen molar-refractivity contribution in [1.29, 1.82) is 0 Å². The van der Waals surface area contributed by atoms with Gasteiger partial charge in [0.15, 0.2) is 31.3 Å². The third-order valence-electron chi connectivity index (χ3n) is 8.84. The predicted octanol–water partition coefficient (Wildman–Crippen LogP) is -9.23. The maximum atomic E-state index is 12.4. The molecule has 25 heteroatoms. The number of carbonyl (C=O) groups excluding carboxylic acids is 3. The molecule has 4 heterocycles. The van der Waals surface area contributed by atoms with Crippen molar-refractivity contribution in [2.45, 2.75) is 137 Å². The van der Waals surface area contributed by atoms with Crippen LogP contribution >= 0.6 is 0 Å². The number of aliphatic carboxylic acids is 1. The van der Waals surface area contributed by atoms with Crippen molar-refractivity contribution in [3.8, 4) is 0 Å². The number of aliphatic hydroxyl groups is 10. The second-order valence-electron chi connectivity index (χ2n) is 12.5. The number of carboxylic acid groups (broad SMARTS) is 1.